The zero-order valence-electron chi connectivity index (χ0n) is 15.3. The maximum absolute atomic E-state index is 9.55. The predicted octanol–water partition coefficient (Wildman–Crippen LogP) is 3.86. The molecule has 2 rings (SSSR count). The largest absolute Gasteiger partial charge is 0.483 e. The SMILES string of the molecule is O=C(O)/C=C/C(=O)O.OCCNCC[C@@H](Oc1cc(Cl)ccc1Cl)c1cccs1. The van der Waals surface area contributed by atoms with Crippen LogP contribution in [0, 0.1) is 0 Å². The summed E-state index contributed by atoms with van der Waals surface area (Å²) in [7, 11) is 0. The molecule has 0 spiro atoms. The molecule has 0 aliphatic carbocycles. The van der Waals surface area contributed by atoms with Crippen molar-refractivity contribution >= 4 is 46.5 Å². The summed E-state index contributed by atoms with van der Waals surface area (Å²) in [6.07, 6.45) is 1.81. The van der Waals surface area contributed by atoms with Crippen LogP contribution in [0.5, 0.6) is 5.75 Å². The number of benzene rings is 1. The summed E-state index contributed by atoms with van der Waals surface area (Å²) in [5, 5.41) is 30.7. The second-order valence-corrected chi connectivity index (χ2v) is 7.29. The van der Waals surface area contributed by atoms with Crippen molar-refractivity contribution in [1.29, 1.82) is 0 Å². The van der Waals surface area contributed by atoms with Gasteiger partial charge in [-0.05, 0) is 30.1 Å². The molecular formula is C19H21Cl2NO6S. The summed E-state index contributed by atoms with van der Waals surface area (Å²) in [5.41, 5.74) is 0. The summed E-state index contributed by atoms with van der Waals surface area (Å²) >= 11 is 13.8. The van der Waals surface area contributed by atoms with Gasteiger partial charge in [0.25, 0.3) is 0 Å². The van der Waals surface area contributed by atoms with Crippen molar-refractivity contribution in [2.75, 3.05) is 19.7 Å². The Kier molecular flexibility index (Phi) is 12.0. The van der Waals surface area contributed by atoms with E-state index in [1.807, 2.05) is 17.5 Å². The van der Waals surface area contributed by atoms with Crippen LogP contribution in [-0.2, 0) is 9.59 Å². The minimum absolute atomic E-state index is 0.0906. The fourth-order valence-electron chi connectivity index (χ4n) is 2.03. The molecule has 0 aliphatic heterocycles. The number of hydrogen-bond acceptors (Lipinski definition) is 6. The molecule has 0 amide bonds. The fraction of sp³-hybridized carbons (Fsp3) is 0.263. The van der Waals surface area contributed by atoms with Crippen LogP contribution in [-0.4, -0.2) is 47.0 Å². The minimum atomic E-state index is -1.26. The van der Waals surface area contributed by atoms with E-state index in [9.17, 15) is 9.59 Å². The molecule has 1 aromatic heterocycles. The van der Waals surface area contributed by atoms with E-state index >= 15 is 0 Å². The first-order valence-electron chi connectivity index (χ1n) is 8.44. The molecule has 0 bridgehead atoms. The van der Waals surface area contributed by atoms with Crippen molar-refractivity contribution in [2.24, 2.45) is 0 Å². The van der Waals surface area contributed by atoms with Crippen molar-refractivity contribution in [3.8, 4) is 5.75 Å². The highest BCUT2D eigenvalue weighted by molar-refractivity contribution is 7.10. The average molecular weight is 462 g/mol. The first-order valence-corrected chi connectivity index (χ1v) is 10.1. The maximum Gasteiger partial charge on any atom is 0.328 e. The van der Waals surface area contributed by atoms with Crippen LogP contribution in [0.1, 0.15) is 17.4 Å². The molecular weight excluding hydrogens is 441 g/mol. The van der Waals surface area contributed by atoms with Crippen LogP contribution in [0.15, 0.2) is 47.9 Å². The van der Waals surface area contributed by atoms with Gasteiger partial charge in [0, 0.05) is 41.1 Å². The van der Waals surface area contributed by atoms with E-state index in [4.69, 9.17) is 43.3 Å². The number of aliphatic hydroxyl groups excluding tert-OH is 1. The lowest BCUT2D eigenvalue weighted by atomic mass is 10.2. The zero-order chi connectivity index (χ0) is 21.6. The van der Waals surface area contributed by atoms with Gasteiger partial charge in [-0.2, -0.15) is 0 Å². The summed E-state index contributed by atoms with van der Waals surface area (Å²) < 4.78 is 6.04. The molecule has 2 aromatic rings. The van der Waals surface area contributed by atoms with Gasteiger partial charge in [0.05, 0.1) is 11.6 Å². The Bertz CT molecular complexity index is 782. The van der Waals surface area contributed by atoms with Gasteiger partial charge in [-0.25, -0.2) is 9.59 Å². The number of aliphatic hydroxyl groups is 1. The molecule has 10 heteroatoms. The Hall–Kier alpha value is -2.10. The van der Waals surface area contributed by atoms with E-state index in [2.05, 4.69) is 5.32 Å². The monoisotopic (exact) mass is 461 g/mol. The number of halogens is 2. The van der Waals surface area contributed by atoms with Crippen molar-refractivity contribution in [3.63, 3.8) is 0 Å². The lowest BCUT2D eigenvalue weighted by Gasteiger charge is -2.19. The van der Waals surface area contributed by atoms with E-state index in [1.54, 1.807) is 29.5 Å². The summed E-state index contributed by atoms with van der Waals surface area (Å²) in [5.74, 6) is -1.93. The summed E-state index contributed by atoms with van der Waals surface area (Å²) in [4.78, 5) is 20.2. The van der Waals surface area contributed by atoms with Gasteiger partial charge < -0.3 is 25.4 Å². The lowest BCUT2D eigenvalue weighted by Crippen LogP contribution is -2.22. The third-order valence-electron chi connectivity index (χ3n) is 3.26. The molecule has 1 aromatic carbocycles. The number of carboxylic acids is 2. The Labute approximate surface area is 182 Å². The molecule has 0 aliphatic rings. The standard InChI is InChI=1S/C15H17Cl2NO2S.C4H4O4/c16-11-3-4-12(17)14(10-11)20-13(5-6-18-7-8-19)15-2-1-9-21-15;5-3(6)1-2-4(7)8/h1-4,9-10,13,18-19H,5-8H2;1-2H,(H,5,6)(H,7,8)/b;2-1+/t13-;/m1./s1. The van der Waals surface area contributed by atoms with Gasteiger partial charge >= 0.3 is 11.9 Å². The second kappa shape index (κ2) is 14.0. The van der Waals surface area contributed by atoms with E-state index in [0.29, 0.717) is 34.5 Å². The Morgan fingerprint density at radius 2 is 1.83 bits per heavy atom. The van der Waals surface area contributed by atoms with E-state index in [-0.39, 0.29) is 12.7 Å². The first-order chi connectivity index (χ1) is 13.8. The number of aliphatic carboxylic acids is 2. The number of thiophene rings is 1. The van der Waals surface area contributed by atoms with E-state index < -0.39 is 11.9 Å². The lowest BCUT2D eigenvalue weighted by molar-refractivity contribution is -0.134. The maximum atomic E-state index is 9.55. The average Bonchev–Trinajstić information content (AvgIpc) is 3.20. The number of carboxylic acid groups (broad SMARTS) is 2. The number of nitrogens with one attached hydrogen (secondary N) is 1. The van der Waals surface area contributed by atoms with E-state index in [1.165, 1.54) is 0 Å². The number of hydrogen-bond donors (Lipinski definition) is 4. The minimum Gasteiger partial charge on any atom is -0.483 e. The van der Waals surface area contributed by atoms with Crippen molar-refractivity contribution in [2.45, 2.75) is 12.5 Å². The van der Waals surface area contributed by atoms with Crippen LogP contribution >= 0.6 is 34.5 Å². The second-order valence-electron chi connectivity index (χ2n) is 5.47. The zero-order valence-corrected chi connectivity index (χ0v) is 17.6. The van der Waals surface area contributed by atoms with Crippen LogP contribution in [0.4, 0.5) is 0 Å². The van der Waals surface area contributed by atoms with Crippen molar-refractivity contribution in [1.82, 2.24) is 5.32 Å². The van der Waals surface area contributed by atoms with Crippen molar-refractivity contribution < 1.29 is 29.6 Å². The third kappa shape index (κ3) is 10.9. The normalized spacial score (nSPS) is 11.6. The highest BCUT2D eigenvalue weighted by Crippen LogP contribution is 2.34. The molecule has 158 valence electrons. The Balaban J connectivity index is 0.000000447. The van der Waals surface area contributed by atoms with Crippen LogP contribution < -0.4 is 10.1 Å². The van der Waals surface area contributed by atoms with Gasteiger partial charge in [-0.15, -0.1) is 11.3 Å². The molecule has 0 unspecified atom stereocenters. The topological polar surface area (TPSA) is 116 Å². The number of carbonyl (C=O) groups is 2. The Morgan fingerprint density at radius 3 is 2.38 bits per heavy atom. The van der Waals surface area contributed by atoms with Gasteiger partial charge in [0.15, 0.2) is 0 Å². The van der Waals surface area contributed by atoms with Crippen LogP contribution in [0.2, 0.25) is 10.0 Å². The molecule has 0 radical (unpaired) electrons. The molecule has 29 heavy (non-hydrogen) atoms. The molecule has 1 heterocycles. The van der Waals surface area contributed by atoms with Gasteiger partial charge in [0.2, 0.25) is 0 Å². The van der Waals surface area contributed by atoms with Crippen LogP contribution in [0.25, 0.3) is 0 Å². The van der Waals surface area contributed by atoms with Gasteiger partial charge in [-0.1, -0.05) is 29.3 Å². The first kappa shape index (κ1) is 24.9. The molecule has 0 saturated heterocycles. The van der Waals surface area contributed by atoms with Gasteiger partial charge in [0.1, 0.15) is 11.9 Å². The molecule has 7 nitrogen and oxygen atoms in total. The molecule has 0 saturated carbocycles. The highest BCUT2D eigenvalue weighted by atomic mass is 35.5. The molecule has 0 fully saturated rings. The third-order valence-corrected chi connectivity index (χ3v) is 4.78. The van der Waals surface area contributed by atoms with Crippen molar-refractivity contribution in [3.05, 3.63) is 62.8 Å². The number of rotatable bonds is 10. The Morgan fingerprint density at radius 1 is 1.14 bits per heavy atom. The highest BCUT2D eigenvalue weighted by Gasteiger charge is 2.16. The molecule has 4 N–H and O–H groups in total. The van der Waals surface area contributed by atoms with Gasteiger partial charge in [-0.3, -0.25) is 0 Å². The van der Waals surface area contributed by atoms with Crippen LogP contribution in [0.3, 0.4) is 0 Å². The molecule has 1 atom stereocenters. The number of ether oxygens (including phenoxy) is 1. The summed E-state index contributed by atoms with van der Waals surface area (Å²) in [6.45, 7) is 1.46. The summed E-state index contributed by atoms with van der Waals surface area (Å²) in [6, 6.07) is 9.23. The predicted molar refractivity (Wildman–Crippen MR) is 113 cm³/mol. The fourth-order valence-corrected chi connectivity index (χ4v) is 3.15. The quantitative estimate of drug-likeness (QED) is 0.313. The smallest absolute Gasteiger partial charge is 0.328 e. The van der Waals surface area contributed by atoms with E-state index in [0.717, 1.165) is 17.8 Å².